The molecule has 17 heterocycles. The number of nitrogens with one attached hydrogen (secondary N) is 1. The summed E-state index contributed by atoms with van der Waals surface area (Å²) in [6, 6.07) is 42.9. The van der Waals surface area contributed by atoms with Gasteiger partial charge in [0.05, 0.1) is 38.7 Å². The lowest BCUT2D eigenvalue weighted by molar-refractivity contribution is 0.182. The number of rotatable bonds is 8. The highest BCUT2D eigenvalue weighted by Gasteiger charge is 2.46. The molecule has 128 heavy (non-hydrogen) atoms. The van der Waals surface area contributed by atoms with Gasteiger partial charge in [-0.25, -0.2) is 54.8 Å². The molecule has 5 aliphatic heterocycles. The molecule has 0 bridgehead atoms. The Morgan fingerprint density at radius 2 is 0.656 bits per heavy atom. The Kier molecular flexibility index (Phi) is 19.9. The second-order valence-corrected chi connectivity index (χ2v) is 36.2. The van der Waals surface area contributed by atoms with E-state index in [0.717, 1.165) is 157 Å². The predicted molar refractivity (Wildman–Crippen MR) is 521 cm³/mol. The Morgan fingerprint density at radius 1 is 0.344 bits per heavy atom. The summed E-state index contributed by atoms with van der Waals surface area (Å²) in [6.07, 6.45) is 12.2. The second-order valence-electron chi connectivity index (χ2n) is 36.2. The van der Waals surface area contributed by atoms with Crippen LogP contribution in [0.4, 0.5) is 74.8 Å². The molecule has 5 aromatic carbocycles. The van der Waals surface area contributed by atoms with Crippen LogP contribution < -0.4 is 49.4 Å². The van der Waals surface area contributed by atoms with E-state index in [0.29, 0.717) is 57.9 Å². The Morgan fingerprint density at radius 3 is 1.02 bits per heavy atom. The highest BCUT2D eigenvalue weighted by atomic mass is 16.4. The van der Waals surface area contributed by atoms with E-state index in [9.17, 15) is 0 Å². The first kappa shape index (κ1) is 78.0. The molecule has 1 fully saturated rings. The minimum Gasteiger partial charge on any atom is -0.435 e. The number of fused-ring (bicyclic) bond motifs is 16. The van der Waals surface area contributed by atoms with Crippen molar-refractivity contribution in [1.29, 1.82) is 0 Å². The lowest BCUT2D eigenvalue weighted by Gasteiger charge is -2.55. The number of furan rings is 4. The van der Waals surface area contributed by atoms with Crippen LogP contribution in [0.25, 0.3) is 88.3 Å². The van der Waals surface area contributed by atoms with E-state index in [1.165, 1.54) is 22.3 Å². The second kappa shape index (κ2) is 32.7. The number of nitrogens with zero attached hydrogens (tertiary/aromatic N) is 20. The molecule has 5 aliphatic rings. The van der Waals surface area contributed by atoms with E-state index in [1.807, 2.05) is 151 Å². The van der Waals surface area contributed by atoms with Crippen molar-refractivity contribution in [1.82, 2.24) is 60.1 Å². The zero-order chi connectivity index (χ0) is 95.5. The SMILES string of the molecule is Cc1ccccc1N1C(C)NC(C)(C)CC1(C)C.[2H]C(C)(C)N1c2ncccc2N(c2c(C)ccc3c2oc2nc(C)ccc23)C1C.[2H]C(C)(C)N1c2nccnc2N(c2c(C)ccc3c2oc2nc(C)ccc23)C1C.[2H]C(C)(C)N1c2nccnc2N(c2c(C)ccc3c2oc2nc(C)ccc23)C1C.[2H]C([2H])([2H])N1c2nccnc2N(c2c(C)ccc3c2oc2nc(C)ccc23)C1C. The van der Waals surface area contributed by atoms with E-state index in [-0.39, 0.29) is 29.6 Å². The van der Waals surface area contributed by atoms with Crippen LogP contribution in [-0.4, -0.2) is 122 Å². The number of hydrogen-bond donors (Lipinski definition) is 1. The van der Waals surface area contributed by atoms with Crippen LogP contribution in [0, 0.1) is 62.3 Å². The summed E-state index contributed by atoms with van der Waals surface area (Å²) >= 11 is 0. The van der Waals surface area contributed by atoms with E-state index in [1.54, 1.807) is 37.2 Å². The van der Waals surface area contributed by atoms with Gasteiger partial charge in [-0.1, -0.05) is 66.7 Å². The minimum atomic E-state index is -2.35. The maximum absolute atomic E-state index is 8.70. The Balaban J connectivity index is 0.000000113. The number of para-hydroxylation sites is 1. The van der Waals surface area contributed by atoms with Crippen molar-refractivity contribution in [2.24, 2.45) is 0 Å². The summed E-state index contributed by atoms with van der Waals surface area (Å²) in [5, 5.41) is 11.7. The Hall–Kier alpha value is -13.6. The van der Waals surface area contributed by atoms with Crippen molar-refractivity contribution in [2.75, 3.05) is 51.1 Å². The Labute approximate surface area is 756 Å². The number of aryl methyl sites for hydroxylation is 9. The van der Waals surface area contributed by atoms with E-state index in [4.69, 9.17) is 25.9 Å². The van der Waals surface area contributed by atoms with Gasteiger partial charge in [0.1, 0.15) is 24.7 Å². The van der Waals surface area contributed by atoms with Crippen LogP contribution in [0.2, 0.25) is 0 Å². The zero-order valence-electron chi connectivity index (χ0n) is 83.4. The largest absolute Gasteiger partial charge is 0.435 e. The van der Waals surface area contributed by atoms with Gasteiger partial charge in [0.25, 0.3) is 0 Å². The summed E-state index contributed by atoms with van der Waals surface area (Å²) in [5.41, 5.74) is 21.1. The minimum absolute atomic E-state index is 0.0837. The molecule has 0 spiro atoms. The first-order valence-corrected chi connectivity index (χ1v) is 43.8. The van der Waals surface area contributed by atoms with Crippen LogP contribution >= 0.6 is 0 Å². The molecule has 17 aromatic rings. The highest BCUT2D eigenvalue weighted by molar-refractivity contribution is 6.13. The smallest absolute Gasteiger partial charge is 0.227 e. The zero-order valence-corrected chi connectivity index (χ0v) is 77.4. The van der Waals surface area contributed by atoms with Gasteiger partial charge in [0.2, 0.25) is 22.9 Å². The van der Waals surface area contributed by atoms with Crippen molar-refractivity contribution in [2.45, 2.75) is 233 Å². The summed E-state index contributed by atoms with van der Waals surface area (Å²) in [6.45, 7) is 46.7. The average molecular weight is 1720 g/mol. The summed E-state index contributed by atoms with van der Waals surface area (Å²) in [4.78, 5) is 68.3. The van der Waals surface area contributed by atoms with Gasteiger partial charge in [-0.15, -0.1) is 0 Å². The molecule has 0 aliphatic carbocycles. The van der Waals surface area contributed by atoms with Crippen molar-refractivity contribution >= 4 is 163 Å². The third-order valence-corrected chi connectivity index (χ3v) is 25.2. The topological polar surface area (TPSA) is 236 Å². The summed E-state index contributed by atoms with van der Waals surface area (Å²) in [5.74, 6) is 4.54. The molecule has 0 radical (unpaired) electrons. The van der Waals surface area contributed by atoms with Gasteiger partial charge in [0.15, 0.2) is 63.1 Å². The van der Waals surface area contributed by atoms with Gasteiger partial charge in [0, 0.05) is 155 Å². The Bertz CT molecular complexity index is 6670. The van der Waals surface area contributed by atoms with Crippen LogP contribution in [0.5, 0.6) is 0 Å². The molecule has 25 nitrogen and oxygen atoms in total. The maximum atomic E-state index is 8.70. The number of pyridine rings is 5. The molecule has 1 N–H and O–H groups in total. The van der Waals surface area contributed by atoms with Crippen LogP contribution in [0.15, 0.2) is 195 Å². The standard InChI is InChI=1S/C23H24N4O.2C22H23N5O.C20H19N5O.C16H26N2/c1-13(2)26-16(5)27(19-7-6-12-24-22(19)26)20-14(3)8-10-17-18-11-9-15(4)25-23(18)28-21(17)20;2*1-12(2)26-15(5)27(21-20(26)23-10-11-24-21)18-13(3)6-8-16-17-9-7-14(4)25-22(17)28-19(16)18;1-11-5-7-14-15-8-6-12(2)23-20(15)26-17(14)16(11)25-13(3)24(4)18-19(25)22-10-9-21-18;1-12-9-7-8-10-14(12)18-13(2)17-15(3,4)11-16(18,5)6/h6-13,16H,1-5H3;2*6-12,15H,1-5H3;5-10,13H,1-4H3;7-10,13,17H,11H2,1-6H3/i13D;2*12D;4D3;. The predicted octanol–water partition coefficient (Wildman–Crippen LogP) is 23.9. The number of hydrogen-bond acceptors (Lipinski definition) is 25. The van der Waals surface area contributed by atoms with Crippen LogP contribution in [0.3, 0.4) is 0 Å². The fraction of sp³-hybridized carbons (Fsp3) is 0.350. The molecule has 5 unspecified atom stereocenters. The number of aromatic nitrogens is 11. The number of anilines is 13. The molecule has 656 valence electrons. The molecule has 22 rings (SSSR count). The molecule has 0 amide bonds. The normalized spacial score (nSPS) is 19.0. The highest BCUT2D eigenvalue weighted by Crippen LogP contribution is 2.53. The van der Waals surface area contributed by atoms with Gasteiger partial charge in [-0.3, -0.25) is 20.0 Å². The lowest BCUT2D eigenvalue weighted by atomic mass is 9.81. The molecule has 25 heteroatoms. The quantitative estimate of drug-likeness (QED) is 0.149. The van der Waals surface area contributed by atoms with Crippen molar-refractivity contribution < 1.29 is 25.9 Å². The van der Waals surface area contributed by atoms with Crippen molar-refractivity contribution in [3.05, 3.63) is 227 Å². The lowest BCUT2D eigenvalue weighted by Crippen LogP contribution is -2.67. The average Bonchev–Trinajstić information content (AvgIpc) is 1.56. The molecule has 5 atom stereocenters. The van der Waals surface area contributed by atoms with Gasteiger partial charge in [-0.2, -0.15) is 0 Å². The van der Waals surface area contributed by atoms with Crippen LogP contribution in [-0.2, 0) is 0 Å². The molecular weight excluding hydrogens is 1600 g/mol. The van der Waals surface area contributed by atoms with E-state index < -0.39 is 31.2 Å². The third-order valence-electron chi connectivity index (χ3n) is 25.2. The first-order chi connectivity index (χ1) is 63.3. The molecule has 0 saturated carbocycles. The fourth-order valence-electron chi connectivity index (χ4n) is 20.1. The summed E-state index contributed by atoms with van der Waals surface area (Å²) in [7, 11) is 0. The number of benzene rings is 5. The van der Waals surface area contributed by atoms with Crippen molar-refractivity contribution in [3.8, 4) is 0 Å². The summed E-state index contributed by atoms with van der Waals surface area (Å²) < 4.78 is 75.1. The van der Waals surface area contributed by atoms with Gasteiger partial charge in [-0.05, 0) is 267 Å². The van der Waals surface area contributed by atoms with E-state index in [2.05, 4.69) is 248 Å². The molecular formula is C103H115N21O4. The fourth-order valence-corrected chi connectivity index (χ4v) is 20.1. The van der Waals surface area contributed by atoms with Crippen LogP contribution in [0.1, 0.15) is 169 Å². The van der Waals surface area contributed by atoms with Gasteiger partial charge < -0.3 is 47.1 Å². The molecule has 1 saturated heterocycles. The van der Waals surface area contributed by atoms with Gasteiger partial charge >= 0.3 is 0 Å². The first-order valence-electron chi connectivity index (χ1n) is 46.8. The molecule has 12 aromatic heterocycles. The maximum Gasteiger partial charge on any atom is 0.227 e. The monoisotopic (exact) mass is 1720 g/mol. The third kappa shape index (κ3) is 14.5. The van der Waals surface area contributed by atoms with E-state index >= 15 is 0 Å². The van der Waals surface area contributed by atoms with Crippen molar-refractivity contribution in [3.63, 3.8) is 0 Å².